The molecule has 0 aliphatic heterocycles. The minimum absolute atomic E-state index is 0. The van der Waals surface area contributed by atoms with E-state index in [4.69, 9.17) is 0 Å². The lowest BCUT2D eigenvalue weighted by Gasteiger charge is -2.12. The lowest BCUT2D eigenvalue weighted by Crippen LogP contribution is -2.38. The van der Waals surface area contributed by atoms with E-state index in [1.807, 2.05) is 13.8 Å². The lowest BCUT2D eigenvalue weighted by molar-refractivity contribution is -0.132. The van der Waals surface area contributed by atoms with Crippen molar-refractivity contribution in [2.45, 2.75) is 33.0 Å². The molecule has 0 unspecified atom stereocenters. The Morgan fingerprint density at radius 1 is 1.30 bits per heavy atom. The van der Waals surface area contributed by atoms with E-state index in [1.165, 1.54) is 7.05 Å². The number of aromatic nitrogens is 1. The van der Waals surface area contributed by atoms with Gasteiger partial charge in [0.1, 0.15) is 0 Å². The topological polar surface area (TPSA) is 49.3 Å². The van der Waals surface area contributed by atoms with Gasteiger partial charge < -0.3 is 10.6 Å². The first-order chi connectivity index (χ1) is 8.81. The monoisotopic (exact) mass is 422 g/mol. The van der Waals surface area contributed by atoms with Gasteiger partial charge in [-0.15, -0.1) is 35.3 Å². The Morgan fingerprint density at radius 3 is 2.40 bits per heavy atom. The van der Waals surface area contributed by atoms with Crippen molar-refractivity contribution in [3.63, 3.8) is 0 Å². The van der Waals surface area contributed by atoms with Gasteiger partial charge in [0.05, 0.1) is 23.7 Å². The van der Waals surface area contributed by atoms with Crippen molar-refractivity contribution in [2.75, 3.05) is 13.6 Å². The van der Waals surface area contributed by atoms with Crippen LogP contribution < -0.4 is 10.6 Å². The molecule has 2 N–H and O–H groups in total. The van der Waals surface area contributed by atoms with Crippen molar-refractivity contribution in [1.82, 2.24) is 15.6 Å². The first kappa shape index (κ1) is 19.4. The summed E-state index contributed by atoms with van der Waals surface area (Å²) in [6.07, 6.45) is -5.04. The van der Waals surface area contributed by atoms with Crippen LogP contribution in [0.15, 0.2) is 4.99 Å². The van der Waals surface area contributed by atoms with Crippen molar-refractivity contribution < 1.29 is 13.2 Å². The molecule has 0 saturated carbocycles. The van der Waals surface area contributed by atoms with Gasteiger partial charge in [-0.1, -0.05) is 0 Å². The Balaban J connectivity index is 0.00000361. The van der Waals surface area contributed by atoms with Crippen molar-refractivity contribution in [3.8, 4) is 0 Å². The molecule has 4 nitrogen and oxygen atoms in total. The molecule has 1 rings (SSSR count). The molecule has 0 aromatic carbocycles. The highest BCUT2D eigenvalue weighted by Crippen LogP contribution is 2.18. The molecule has 0 atom stereocenters. The van der Waals surface area contributed by atoms with Gasteiger partial charge >= 0.3 is 6.18 Å². The molecule has 0 bridgehead atoms. The number of rotatable bonds is 4. The highest BCUT2D eigenvalue weighted by atomic mass is 127. The minimum atomic E-state index is -4.16. The van der Waals surface area contributed by atoms with E-state index >= 15 is 0 Å². The van der Waals surface area contributed by atoms with E-state index in [-0.39, 0.29) is 30.5 Å². The van der Waals surface area contributed by atoms with Crippen molar-refractivity contribution in [2.24, 2.45) is 4.99 Å². The molecule has 0 aliphatic rings. The molecule has 0 fully saturated rings. The Labute approximate surface area is 137 Å². The molecule has 116 valence electrons. The summed E-state index contributed by atoms with van der Waals surface area (Å²) in [5.74, 6) is 0.356. The summed E-state index contributed by atoms with van der Waals surface area (Å²) in [5, 5.41) is 6.56. The van der Waals surface area contributed by atoms with Crippen LogP contribution in [0.5, 0.6) is 0 Å². The van der Waals surface area contributed by atoms with Crippen LogP contribution in [0.3, 0.4) is 0 Å². The Morgan fingerprint density at radius 2 is 1.95 bits per heavy atom. The lowest BCUT2D eigenvalue weighted by atomic mass is 10.4. The number of guanidine groups is 1. The number of aryl methyl sites for hydroxylation is 2. The molecule has 0 spiro atoms. The summed E-state index contributed by atoms with van der Waals surface area (Å²) in [7, 11) is 1.52. The summed E-state index contributed by atoms with van der Waals surface area (Å²) in [5.41, 5.74) is 0.931. The van der Waals surface area contributed by atoms with E-state index in [0.29, 0.717) is 12.5 Å². The zero-order chi connectivity index (χ0) is 14.5. The maximum Gasteiger partial charge on any atom is 0.390 e. The quantitative estimate of drug-likeness (QED) is 0.446. The fourth-order valence-electron chi connectivity index (χ4n) is 1.44. The summed E-state index contributed by atoms with van der Waals surface area (Å²) in [4.78, 5) is 9.20. The summed E-state index contributed by atoms with van der Waals surface area (Å²) in [6, 6.07) is 0. The molecular weight excluding hydrogens is 404 g/mol. The number of aliphatic imine (C=N–C) groups is 1. The Hall–Kier alpha value is -0.580. The average molecular weight is 422 g/mol. The second-order valence-electron chi connectivity index (χ2n) is 3.96. The number of nitrogens with zero attached hydrogens (tertiary/aromatic N) is 2. The van der Waals surface area contributed by atoms with Crippen LogP contribution in [0.2, 0.25) is 0 Å². The normalized spacial score (nSPS) is 12.0. The van der Waals surface area contributed by atoms with Crippen molar-refractivity contribution in [1.29, 1.82) is 0 Å². The van der Waals surface area contributed by atoms with Crippen LogP contribution in [-0.2, 0) is 6.54 Å². The van der Waals surface area contributed by atoms with Gasteiger partial charge in [0.2, 0.25) is 0 Å². The molecule has 1 aromatic rings. The fourth-order valence-corrected chi connectivity index (χ4v) is 2.32. The third-order valence-corrected chi connectivity index (χ3v) is 3.41. The number of halogens is 4. The van der Waals surface area contributed by atoms with Crippen molar-refractivity contribution in [3.05, 3.63) is 15.6 Å². The van der Waals surface area contributed by atoms with E-state index in [1.54, 1.807) is 11.3 Å². The molecule has 20 heavy (non-hydrogen) atoms. The first-order valence-electron chi connectivity index (χ1n) is 5.76. The van der Waals surface area contributed by atoms with Gasteiger partial charge in [-0.05, 0) is 13.8 Å². The zero-order valence-corrected chi connectivity index (χ0v) is 14.6. The third-order valence-electron chi connectivity index (χ3n) is 2.34. The number of hydrogen-bond acceptors (Lipinski definition) is 3. The fraction of sp³-hybridized carbons (Fsp3) is 0.636. The van der Waals surface area contributed by atoms with Crippen LogP contribution in [0.25, 0.3) is 0 Å². The van der Waals surface area contributed by atoms with Gasteiger partial charge in [-0.2, -0.15) is 13.2 Å². The summed E-state index contributed by atoms with van der Waals surface area (Å²) in [6.45, 7) is 4.13. The van der Waals surface area contributed by atoms with Crippen molar-refractivity contribution >= 4 is 41.3 Å². The minimum Gasteiger partial charge on any atom is -0.356 e. The molecule has 9 heteroatoms. The molecular formula is C11H18F3IN4S. The van der Waals surface area contributed by atoms with Gasteiger partial charge in [0.25, 0.3) is 0 Å². The predicted molar refractivity (Wildman–Crippen MR) is 85.9 cm³/mol. The smallest absolute Gasteiger partial charge is 0.356 e. The first-order valence-corrected chi connectivity index (χ1v) is 6.57. The molecule has 0 aliphatic carbocycles. The zero-order valence-electron chi connectivity index (χ0n) is 11.5. The number of hydrogen-bond donors (Lipinski definition) is 2. The molecule has 1 aromatic heterocycles. The summed E-state index contributed by atoms with van der Waals surface area (Å²) < 4.78 is 36.0. The van der Waals surface area contributed by atoms with Gasteiger partial charge in [-0.3, -0.25) is 4.99 Å². The largest absolute Gasteiger partial charge is 0.390 e. The molecule has 0 radical (unpaired) electrons. The van der Waals surface area contributed by atoms with Crippen LogP contribution in [0.1, 0.15) is 22.0 Å². The maximum atomic E-state index is 12.0. The second kappa shape index (κ2) is 8.65. The SMILES string of the molecule is CN=C(NCCC(F)(F)F)NCc1sc(C)nc1C.I. The molecule has 0 saturated heterocycles. The molecule has 1 heterocycles. The van der Waals surface area contributed by atoms with E-state index in [0.717, 1.165) is 15.6 Å². The molecule has 0 amide bonds. The predicted octanol–water partition coefficient (Wildman–Crippen LogP) is 3.00. The Kier molecular flexibility index (Phi) is 8.40. The standard InChI is InChI=1S/C11H17F3N4S.HI/c1-7-9(19-8(2)18-7)6-17-10(15-3)16-5-4-11(12,13)14;/h4-6H2,1-3H3,(H2,15,16,17);1H. The van der Waals surface area contributed by atoms with Crippen LogP contribution in [-0.4, -0.2) is 30.7 Å². The van der Waals surface area contributed by atoms with Crippen LogP contribution >= 0.6 is 35.3 Å². The maximum absolute atomic E-state index is 12.0. The van der Waals surface area contributed by atoms with Crippen LogP contribution in [0, 0.1) is 13.8 Å². The number of thiazole rings is 1. The van der Waals surface area contributed by atoms with Crippen LogP contribution in [0.4, 0.5) is 13.2 Å². The second-order valence-corrected chi connectivity index (χ2v) is 5.25. The average Bonchev–Trinajstić information content (AvgIpc) is 2.60. The highest BCUT2D eigenvalue weighted by molar-refractivity contribution is 14.0. The summed E-state index contributed by atoms with van der Waals surface area (Å²) >= 11 is 1.56. The van der Waals surface area contributed by atoms with E-state index in [2.05, 4.69) is 20.6 Å². The highest BCUT2D eigenvalue weighted by Gasteiger charge is 2.26. The van der Waals surface area contributed by atoms with E-state index < -0.39 is 12.6 Å². The third kappa shape index (κ3) is 7.27. The van der Waals surface area contributed by atoms with Gasteiger partial charge in [-0.25, -0.2) is 4.98 Å². The Bertz CT molecular complexity index is 445. The van der Waals surface area contributed by atoms with Gasteiger partial charge in [0.15, 0.2) is 5.96 Å². The van der Waals surface area contributed by atoms with Gasteiger partial charge in [0, 0.05) is 18.5 Å². The number of alkyl halides is 3. The number of nitrogens with one attached hydrogen (secondary N) is 2. The van der Waals surface area contributed by atoms with E-state index in [9.17, 15) is 13.2 Å².